The van der Waals surface area contributed by atoms with Gasteiger partial charge in [-0.1, -0.05) is 11.6 Å². The fourth-order valence-electron chi connectivity index (χ4n) is 1.45. The number of nitrogens with one attached hydrogen (secondary N) is 2. The lowest BCUT2D eigenvalue weighted by molar-refractivity contribution is -0.137. The third-order valence-electron chi connectivity index (χ3n) is 2.29. The zero-order valence-electron chi connectivity index (χ0n) is 10.00. The molecule has 2 aromatic rings. The smallest absolute Gasteiger partial charge is 0.303 e. The van der Waals surface area contributed by atoms with Gasteiger partial charge in [0.2, 0.25) is 16.0 Å². The van der Waals surface area contributed by atoms with E-state index >= 15 is 0 Å². The first-order chi connectivity index (χ1) is 9.37. The summed E-state index contributed by atoms with van der Waals surface area (Å²) in [5, 5.41) is 8.50. The largest absolute Gasteiger partial charge is 0.481 e. The van der Waals surface area contributed by atoms with Crippen molar-refractivity contribution in [3.63, 3.8) is 0 Å². The molecule has 0 aliphatic carbocycles. The number of carbonyl (C=O) groups is 1. The van der Waals surface area contributed by atoms with Gasteiger partial charge >= 0.3 is 5.97 Å². The van der Waals surface area contributed by atoms with Gasteiger partial charge in [0.15, 0.2) is 10.8 Å². The van der Waals surface area contributed by atoms with Gasteiger partial charge < -0.3 is 10.1 Å². The predicted octanol–water partition coefficient (Wildman–Crippen LogP) is 0.613. The summed E-state index contributed by atoms with van der Waals surface area (Å²) < 4.78 is 25.6. The first-order valence-electron chi connectivity index (χ1n) is 5.46. The minimum Gasteiger partial charge on any atom is -0.481 e. The van der Waals surface area contributed by atoms with Crippen LogP contribution in [0.15, 0.2) is 6.33 Å². The fraction of sp³-hybridized carbons (Fsp3) is 0.333. The number of sulfonamides is 1. The van der Waals surface area contributed by atoms with Crippen molar-refractivity contribution in [1.82, 2.24) is 19.9 Å². The van der Waals surface area contributed by atoms with E-state index in [1.807, 2.05) is 0 Å². The number of hydrogen-bond acceptors (Lipinski definition) is 6. The molecular formula is C9H10ClN5O4S. The summed E-state index contributed by atoms with van der Waals surface area (Å²) in [5.41, 5.74) is 0.633. The Kier molecular flexibility index (Phi) is 4.04. The average Bonchev–Trinajstić information content (AvgIpc) is 2.75. The van der Waals surface area contributed by atoms with Crippen molar-refractivity contribution in [3.05, 3.63) is 11.5 Å². The van der Waals surface area contributed by atoms with Crippen LogP contribution in [0.3, 0.4) is 0 Å². The van der Waals surface area contributed by atoms with Crippen molar-refractivity contribution in [1.29, 1.82) is 0 Å². The number of H-pyrrole nitrogens is 1. The number of imidazole rings is 1. The number of anilines is 1. The maximum absolute atomic E-state index is 11.7. The van der Waals surface area contributed by atoms with Gasteiger partial charge in [0.1, 0.15) is 5.52 Å². The van der Waals surface area contributed by atoms with E-state index in [0.29, 0.717) is 5.52 Å². The Bertz CT molecular complexity index is 744. The second kappa shape index (κ2) is 5.59. The third kappa shape index (κ3) is 3.54. The van der Waals surface area contributed by atoms with Gasteiger partial charge in [-0.25, -0.2) is 13.4 Å². The van der Waals surface area contributed by atoms with Crippen LogP contribution in [-0.4, -0.2) is 45.2 Å². The molecule has 2 rings (SSSR count). The number of aliphatic carboxylic acids is 1. The number of fused-ring (bicyclic) bond motifs is 1. The quantitative estimate of drug-likeness (QED) is 0.663. The first-order valence-corrected chi connectivity index (χ1v) is 7.49. The Hall–Kier alpha value is -1.94. The lowest BCUT2D eigenvalue weighted by Crippen LogP contribution is -2.19. The number of hydrogen-bond donors (Lipinski definition) is 3. The molecular weight excluding hydrogens is 310 g/mol. The summed E-state index contributed by atoms with van der Waals surface area (Å²) in [6.45, 7) is 0. The molecule has 0 saturated heterocycles. The summed E-state index contributed by atoms with van der Waals surface area (Å²) in [7, 11) is -3.73. The summed E-state index contributed by atoms with van der Waals surface area (Å²) in [4.78, 5) is 24.6. The van der Waals surface area contributed by atoms with Crippen LogP contribution >= 0.6 is 11.6 Å². The first kappa shape index (κ1) is 14.5. The maximum atomic E-state index is 11.7. The van der Waals surface area contributed by atoms with E-state index in [2.05, 4.69) is 24.7 Å². The van der Waals surface area contributed by atoms with E-state index in [-0.39, 0.29) is 35.3 Å². The van der Waals surface area contributed by atoms with Crippen LogP contribution in [0.2, 0.25) is 5.15 Å². The molecule has 0 fully saturated rings. The number of rotatable bonds is 6. The SMILES string of the molecule is O=C(O)CCCS(=O)(=O)Nc1nc(Cl)c2[nH]cnc2n1. The van der Waals surface area contributed by atoms with Crippen molar-refractivity contribution in [2.75, 3.05) is 10.5 Å². The van der Waals surface area contributed by atoms with E-state index < -0.39 is 16.0 Å². The second-order valence-electron chi connectivity index (χ2n) is 3.86. The molecule has 9 nitrogen and oxygen atoms in total. The minimum absolute atomic E-state index is 0.0109. The molecule has 20 heavy (non-hydrogen) atoms. The van der Waals surface area contributed by atoms with Gasteiger partial charge in [-0.05, 0) is 6.42 Å². The molecule has 11 heteroatoms. The van der Waals surface area contributed by atoms with Crippen molar-refractivity contribution in [2.45, 2.75) is 12.8 Å². The third-order valence-corrected chi connectivity index (χ3v) is 3.89. The molecule has 0 amide bonds. The van der Waals surface area contributed by atoms with Gasteiger partial charge in [-0.15, -0.1) is 0 Å². The molecule has 0 aromatic carbocycles. The van der Waals surface area contributed by atoms with Crippen LogP contribution < -0.4 is 4.72 Å². The number of carboxylic acid groups (broad SMARTS) is 1. The normalized spacial score (nSPS) is 11.7. The highest BCUT2D eigenvalue weighted by Crippen LogP contribution is 2.18. The molecule has 0 aliphatic heterocycles. The standard InChI is InChI=1S/C9H10ClN5O4S/c10-7-6-8(12-4-11-6)14-9(13-7)15-20(18,19)3-1-2-5(16)17/h4H,1-3H2,(H,16,17)(H2,11,12,13,14,15). The van der Waals surface area contributed by atoms with E-state index in [1.165, 1.54) is 6.33 Å². The number of nitrogens with zero attached hydrogens (tertiary/aromatic N) is 3. The monoisotopic (exact) mass is 319 g/mol. The van der Waals surface area contributed by atoms with E-state index in [1.54, 1.807) is 0 Å². The lowest BCUT2D eigenvalue weighted by atomic mass is 10.3. The number of aromatic nitrogens is 4. The lowest BCUT2D eigenvalue weighted by Gasteiger charge is -2.06. The molecule has 2 aromatic heterocycles. The van der Waals surface area contributed by atoms with Crippen molar-refractivity contribution in [2.24, 2.45) is 0 Å². The molecule has 0 radical (unpaired) electrons. The summed E-state index contributed by atoms with van der Waals surface area (Å²) in [5.74, 6) is -1.61. The number of halogens is 1. The molecule has 108 valence electrons. The zero-order valence-corrected chi connectivity index (χ0v) is 11.6. The van der Waals surface area contributed by atoms with Crippen LogP contribution in [0.4, 0.5) is 5.95 Å². The fourth-order valence-corrected chi connectivity index (χ4v) is 2.66. The molecule has 0 saturated carbocycles. The van der Waals surface area contributed by atoms with Gasteiger partial charge in [-0.2, -0.15) is 9.97 Å². The Morgan fingerprint density at radius 1 is 1.45 bits per heavy atom. The van der Waals surface area contributed by atoms with Crippen LogP contribution in [0.1, 0.15) is 12.8 Å². The van der Waals surface area contributed by atoms with Gasteiger partial charge in [0, 0.05) is 6.42 Å². The topological polar surface area (TPSA) is 138 Å². The summed E-state index contributed by atoms with van der Waals surface area (Å²) >= 11 is 5.84. The molecule has 3 N–H and O–H groups in total. The zero-order chi connectivity index (χ0) is 14.8. The van der Waals surface area contributed by atoms with Crippen LogP contribution in [0, 0.1) is 0 Å². The molecule has 0 unspecified atom stereocenters. The van der Waals surface area contributed by atoms with Gasteiger partial charge in [-0.3, -0.25) is 9.52 Å². The van der Waals surface area contributed by atoms with Crippen molar-refractivity contribution < 1.29 is 18.3 Å². The molecule has 0 spiro atoms. The molecule has 0 bridgehead atoms. The van der Waals surface area contributed by atoms with Gasteiger partial charge in [0.25, 0.3) is 0 Å². The Morgan fingerprint density at radius 3 is 2.90 bits per heavy atom. The van der Waals surface area contributed by atoms with Gasteiger partial charge in [0.05, 0.1) is 12.1 Å². The van der Waals surface area contributed by atoms with Crippen LogP contribution in [0.25, 0.3) is 11.2 Å². The highest BCUT2D eigenvalue weighted by Gasteiger charge is 2.15. The van der Waals surface area contributed by atoms with E-state index in [4.69, 9.17) is 16.7 Å². The predicted molar refractivity (Wildman–Crippen MR) is 71.0 cm³/mol. The summed E-state index contributed by atoms with van der Waals surface area (Å²) in [6, 6.07) is 0. The van der Waals surface area contributed by atoms with Crippen LogP contribution in [-0.2, 0) is 14.8 Å². The maximum Gasteiger partial charge on any atom is 0.303 e. The Labute approximate surface area is 118 Å². The van der Waals surface area contributed by atoms with E-state index in [9.17, 15) is 13.2 Å². The number of aromatic amines is 1. The minimum atomic E-state index is -3.73. The highest BCUT2D eigenvalue weighted by molar-refractivity contribution is 7.92. The van der Waals surface area contributed by atoms with Crippen LogP contribution in [0.5, 0.6) is 0 Å². The van der Waals surface area contributed by atoms with Crippen molar-refractivity contribution in [3.8, 4) is 0 Å². The Balaban J connectivity index is 2.12. The number of carboxylic acids is 1. The molecule has 0 aliphatic rings. The molecule has 2 heterocycles. The average molecular weight is 320 g/mol. The second-order valence-corrected chi connectivity index (χ2v) is 6.06. The molecule has 0 atom stereocenters. The van der Waals surface area contributed by atoms with E-state index in [0.717, 1.165) is 0 Å². The van der Waals surface area contributed by atoms with Crippen molar-refractivity contribution >= 4 is 44.7 Å². The summed E-state index contributed by atoms with van der Waals surface area (Å²) in [6.07, 6.45) is 1.11. The highest BCUT2D eigenvalue weighted by atomic mass is 35.5. The Morgan fingerprint density at radius 2 is 2.20 bits per heavy atom.